The van der Waals surface area contributed by atoms with E-state index in [-0.39, 0.29) is 0 Å². The van der Waals surface area contributed by atoms with Gasteiger partial charge in [0.1, 0.15) is 0 Å². The molecule has 0 heterocycles. The van der Waals surface area contributed by atoms with Crippen molar-refractivity contribution in [2.75, 3.05) is 20.6 Å². The van der Waals surface area contributed by atoms with Gasteiger partial charge in [0.15, 0.2) is 0 Å². The highest BCUT2D eigenvalue weighted by atomic mass is 16.5. The Morgan fingerprint density at radius 2 is 2.33 bits per heavy atom. The molecule has 0 bridgehead atoms. The van der Waals surface area contributed by atoms with Gasteiger partial charge in [-0.25, -0.2) is 5.48 Å². The third kappa shape index (κ3) is 2.32. The molecule has 0 spiro atoms. The van der Waals surface area contributed by atoms with E-state index in [1.807, 2.05) is 19.5 Å². The molecule has 0 aromatic heterocycles. The van der Waals surface area contributed by atoms with Gasteiger partial charge in [-0.15, -0.1) is 0 Å². The lowest BCUT2D eigenvalue weighted by Crippen LogP contribution is -2.36. The molecule has 0 aliphatic heterocycles. The molecule has 0 rings (SSSR count). The van der Waals surface area contributed by atoms with E-state index in [1.54, 1.807) is 11.9 Å². The predicted octanol–water partition coefficient (Wildman–Crippen LogP) is -0.0973. The highest BCUT2D eigenvalue weighted by molar-refractivity contribution is 5.78. The van der Waals surface area contributed by atoms with Crippen molar-refractivity contribution in [1.29, 1.82) is 0 Å². The Balaban J connectivity index is 3.80. The molecule has 54 valence electrons. The van der Waals surface area contributed by atoms with Crippen LogP contribution < -0.4 is 5.48 Å². The van der Waals surface area contributed by atoms with Gasteiger partial charge in [-0.2, -0.15) is 0 Å². The van der Waals surface area contributed by atoms with Gasteiger partial charge in [0, 0.05) is 20.6 Å². The monoisotopic (exact) mass is 131 g/mol. The van der Waals surface area contributed by atoms with E-state index in [1.165, 1.54) is 0 Å². The number of rotatable bonds is 1. The second-order valence-electron chi connectivity index (χ2n) is 1.67. The Kier molecular flexibility index (Phi) is 3.79. The van der Waals surface area contributed by atoms with E-state index >= 15 is 0 Å². The first-order valence-corrected chi connectivity index (χ1v) is 2.84. The second kappa shape index (κ2) is 4.14. The fourth-order valence-electron chi connectivity index (χ4n) is 0.456. The van der Waals surface area contributed by atoms with Crippen molar-refractivity contribution in [1.82, 2.24) is 10.4 Å². The smallest absolute Gasteiger partial charge is 0.217 e. The van der Waals surface area contributed by atoms with Crippen molar-refractivity contribution in [2.45, 2.75) is 6.92 Å². The molecule has 0 radical (unpaired) electrons. The Morgan fingerprint density at radius 3 is 2.44 bits per heavy atom. The van der Waals surface area contributed by atoms with Crippen LogP contribution in [-0.4, -0.2) is 36.7 Å². The van der Waals surface area contributed by atoms with Crippen LogP contribution in [0.1, 0.15) is 6.92 Å². The lowest BCUT2D eigenvalue weighted by molar-refractivity contribution is 0.216. The van der Waals surface area contributed by atoms with Crippen LogP contribution in [0.25, 0.3) is 0 Å². The molecule has 0 amide bonds. The van der Waals surface area contributed by atoms with E-state index in [4.69, 9.17) is 5.21 Å². The molecule has 0 aliphatic carbocycles. The molecule has 0 saturated carbocycles. The summed E-state index contributed by atoms with van der Waals surface area (Å²) in [4.78, 5) is 5.55. The van der Waals surface area contributed by atoms with E-state index in [2.05, 4.69) is 4.99 Å². The van der Waals surface area contributed by atoms with Crippen molar-refractivity contribution in [3.63, 3.8) is 0 Å². The Hall–Kier alpha value is -0.770. The first kappa shape index (κ1) is 8.23. The second-order valence-corrected chi connectivity index (χ2v) is 1.67. The van der Waals surface area contributed by atoms with Crippen molar-refractivity contribution in [2.24, 2.45) is 4.99 Å². The van der Waals surface area contributed by atoms with Crippen LogP contribution in [0.5, 0.6) is 0 Å². The van der Waals surface area contributed by atoms with Crippen molar-refractivity contribution in [3.05, 3.63) is 0 Å². The van der Waals surface area contributed by atoms with Gasteiger partial charge in [-0.3, -0.25) is 10.2 Å². The topological polar surface area (TPSA) is 47.9 Å². The van der Waals surface area contributed by atoms with Gasteiger partial charge in [0.25, 0.3) is 0 Å². The number of guanidine groups is 1. The molecule has 0 saturated heterocycles. The fourth-order valence-corrected chi connectivity index (χ4v) is 0.456. The van der Waals surface area contributed by atoms with Crippen molar-refractivity contribution >= 4 is 5.96 Å². The summed E-state index contributed by atoms with van der Waals surface area (Å²) in [7, 11) is 3.45. The van der Waals surface area contributed by atoms with Crippen LogP contribution in [-0.2, 0) is 0 Å². The summed E-state index contributed by atoms with van der Waals surface area (Å²) in [6.45, 7) is 2.79. The summed E-state index contributed by atoms with van der Waals surface area (Å²) in [5.41, 5.74) is 1.98. The Bertz CT molecular complexity index is 102. The zero-order chi connectivity index (χ0) is 7.28. The number of nitrogens with zero attached hydrogens (tertiary/aromatic N) is 2. The highest BCUT2D eigenvalue weighted by Crippen LogP contribution is 1.80. The first-order valence-electron chi connectivity index (χ1n) is 2.84. The zero-order valence-corrected chi connectivity index (χ0v) is 6.05. The van der Waals surface area contributed by atoms with Crippen LogP contribution in [0.2, 0.25) is 0 Å². The minimum absolute atomic E-state index is 0.484. The molecule has 0 aliphatic rings. The quantitative estimate of drug-likeness (QED) is 0.297. The third-order valence-electron chi connectivity index (χ3n) is 1.15. The molecule has 4 heteroatoms. The van der Waals surface area contributed by atoms with E-state index in [9.17, 15) is 0 Å². The first-order chi connectivity index (χ1) is 4.26. The molecule has 0 aromatic rings. The number of hydrogen-bond donors (Lipinski definition) is 2. The van der Waals surface area contributed by atoms with Gasteiger partial charge in [0.2, 0.25) is 5.96 Å². The lowest BCUT2D eigenvalue weighted by atomic mass is 10.6. The van der Waals surface area contributed by atoms with Gasteiger partial charge >= 0.3 is 0 Å². The minimum Gasteiger partial charge on any atom is -0.345 e. The molecule has 4 nitrogen and oxygen atoms in total. The van der Waals surface area contributed by atoms with Gasteiger partial charge < -0.3 is 4.90 Å². The van der Waals surface area contributed by atoms with Crippen molar-refractivity contribution in [3.8, 4) is 0 Å². The summed E-state index contributed by atoms with van der Waals surface area (Å²) >= 11 is 0. The average molecular weight is 131 g/mol. The maximum atomic E-state index is 8.41. The Labute approximate surface area is 55.2 Å². The van der Waals surface area contributed by atoms with Crippen LogP contribution >= 0.6 is 0 Å². The summed E-state index contributed by atoms with van der Waals surface area (Å²) in [5, 5.41) is 8.41. The molecule has 0 unspecified atom stereocenters. The SMILES string of the molecule is CCN(C)C(=NC)NO. The molecule has 0 fully saturated rings. The molecule has 2 N–H and O–H groups in total. The molecule has 0 aromatic carbocycles. The van der Waals surface area contributed by atoms with Crippen LogP contribution in [0.3, 0.4) is 0 Å². The maximum absolute atomic E-state index is 8.41. The lowest BCUT2D eigenvalue weighted by Gasteiger charge is -2.16. The largest absolute Gasteiger partial charge is 0.345 e. The highest BCUT2D eigenvalue weighted by Gasteiger charge is 1.97. The van der Waals surface area contributed by atoms with Crippen LogP contribution in [0, 0.1) is 0 Å². The summed E-state index contributed by atoms with van der Waals surface area (Å²) in [6.07, 6.45) is 0. The van der Waals surface area contributed by atoms with Gasteiger partial charge in [-0.1, -0.05) is 0 Å². The van der Waals surface area contributed by atoms with Gasteiger partial charge in [0.05, 0.1) is 0 Å². The van der Waals surface area contributed by atoms with Gasteiger partial charge in [-0.05, 0) is 6.92 Å². The van der Waals surface area contributed by atoms with Crippen molar-refractivity contribution < 1.29 is 5.21 Å². The molecule has 0 atom stereocenters. The number of aliphatic imine (C=N–C) groups is 1. The molecular weight excluding hydrogens is 118 g/mol. The number of hydrogen-bond acceptors (Lipinski definition) is 2. The van der Waals surface area contributed by atoms with Crippen LogP contribution in [0.4, 0.5) is 0 Å². The zero-order valence-electron chi connectivity index (χ0n) is 6.05. The Morgan fingerprint density at radius 1 is 1.78 bits per heavy atom. The fraction of sp³-hybridized carbons (Fsp3) is 0.800. The summed E-state index contributed by atoms with van der Waals surface area (Å²) in [5.74, 6) is 0.484. The molecule has 9 heavy (non-hydrogen) atoms. The number of nitrogens with one attached hydrogen (secondary N) is 1. The van der Waals surface area contributed by atoms with E-state index < -0.39 is 0 Å². The minimum atomic E-state index is 0.484. The maximum Gasteiger partial charge on any atom is 0.217 e. The third-order valence-corrected chi connectivity index (χ3v) is 1.15. The standard InChI is InChI=1S/C5H13N3O/c1-4-8(3)5(6-2)7-9/h9H,4H2,1-3H3,(H,6,7). The number of hydroxylamine groups is 1. The van der Waals surface area contributed by atoms with E-state index in [0.29, 0.717) is 5.96 Å². The van der Waals surface area contributed by atoms with E-state index in [0.717, 1.165) is 6.54 Å². The summed E-state index contributed by atoms with van der Waals surface area (Å²) < 4.78 is 0. The average Bonchev–Trinajstić information content (AvgIpc) is 1.90. The predicted molar refractivity (Wildman–Crippen MR) is 36.6 cm³/mol. The van der Waals surface area contributed by atoms with Crippen LogP contribution in [0.15, 0.2) is 4.99 Å². The summed E-state index contributed by atoms with van der Waals surface area (Å²) in [6, 6.07) is 0. The normalized spacial score (nSPS) is 11.3. The molecular formula is C5H13N3O.